The number of hydrogen-bond donors (Lipinski definition) is 0. The fourth-order valence-electron chi connectivity index (χ4n) is 4.84. The van der Waals surface area contributed by atoms with E-state index in [1.54, 1.807) is 34.9 Å². The molecule has 0 saturated carbocycles. The zero-order valence-electron chi connectivity index (χ0n) is 23.3. The highest BCUT2D eigenvalue weighted by atomic mass is 35.5. The van der Waals surface area contributed by atoms with E-state index >= 15 is 0 Å². The fraction of sp³-hybridized carbons (Fsp3) is 0.414. The molecular formula is C29H30ClF3N4O6. The molecule has 230 valence electrons. The Morgan fingerprint density at radius 2 is 1.86 bits per heavy atom. The van der Waals surface area contributed by atoms with Crippen LogP contribution in [0.15, 0.2) is 58.1 Å². The molecule has 5 rings (SSSR count). The second kappa shape index (κ2) is 13.2. The van der Waals surface area contributed by atoms with Crippen molar-refractivity contribution in [3.8, 4) is 11.8 Å². The summed E-state index contributed by atoms with van der Waals surface area (Å²) in [6.45, 7) is 1.05. The second-order valence-corrected chi connectivity index (χ2v) is 10.5. The summed E-state index contributed by atoms with van der Waals surface area (Å²) in [5.41, 5.74) is 0.291. The smallest absolute Gasteiger partial charge is 0.460 e. The van der Waals surface area contributed by atoms with E-state index < -0.39 is 23.4 Å². The maximum absolute atomic E-state index is 13.8. The molecule has 2 aromatic heterocycles. The van der Waals surface area contributed by atoms with Crippen LogP contribution in [-0.2, 0) is 36.2 Å². The number of alkyl halides is 3. The van der Waals surface area contributed by atoms with Crippen LogP contribution in [0.5, 0.6) is 11.8 Å². The van der Waals surface area contributed by atoms with E-state index in [4.69, 9.17) is 25.8 Å². The lowest BCUT2D eigenvalue weighted by atomic mass is 10.2. The van der Waals surface area contributed by atoms with Crippen molar-refractivity contribution in [3.63, 3.8) is 0 Å². The van der Waals surface area contributed by atoms with E-state index in [1.165, 1.54) is 29.8 Å². The van der Waals surface area contributed by atoms with Crippen molar-refractivity contribution in [3.05, 3.63) is 85.5 Å². The first-order chi connectivity index (χ1) is 20.6. The van der Waals surface area contributed by atoms with Gasteiger partial charge in [-0.25, -0.2) is 4.79 Å². The zero-order valence-corrected chi connectivity index (χ0v) is 24.1. The lowest BCUT2D eigenvalue weighted by Gasteiger charge is -2.22. The Bertz CT molecular complexity index is 1680. The highest BCUT2D eigenvalue weighted by molar-refractivity contribution is 6.30. The minimum Gasteiger partial charge on any atom is -0.460 e. The molecule has 10 nitrogen and oxygen atoms in total. The first-order valence-corrected chi connectivity index (χ1v) is 14.1. The first-order valence-electron chi connectivity index (χ1n) is 13.7. The highest BCUT2D eigenvalue weighted by Crippen LogP contribution is 2.25. The summed E-state index contributed by atoms with van der Waals surface area (Å²) in [6.07, 6.45) is -1.88. The average molecular weight is 623 g/mol. The van der Waals surface area contributed by atoms with Crippen LogP contribution in [0, 0.1) is 0 Å². The van der Waals surface area contributed by atoms with Crippen molar-refractivity contribution in [1.29, 1.82) is 0 Å². The number of halogens is 4. The molecule has 2 aromatic carbocycles. The van der Waals surface area contributed by atoms with Crippen LogP contribution in [0.1, 0.15) is 36.8 Å². The van der Waals surface area contributed by atoms with E-state index in [-0.39, 0.29) is 43.2 Å². The molecule has 3 heterocycles. The van der Waals surface area contributed by atoms with Gasteiger partial charge < -0.3 is 18.9 Å². The lowest BCUT2D eigenvalue weighted by molar-refractivity contribution is -0.274. The molecule has 0 N–H and O–H groups in total. The monoisotopic (exact) mass is 622 g/mol. The molecule has 14 heteroatoms. The molecule has 1 aliphatic heterocycles. The Morgan fingerprint density at radius 1 is 1.07 bits per heavy atom. The van der Waals surface area contributed by atoms with Crippen molar-refractivity contribution in [2.45, 2.75) is 58.0 Å². The van der Waals surface area contributed by atoms with E-state index in [1.807, 2.05) is 0 Å². The van der Waals surface area contributed by atoms with Gasteiger partial charge in [-0.3, -0.25) is 18.5 Å². The molecular weight excluding hydrogens is 593 g/mol. The Morgan fingerprint density at radius 3 is 2.58 bits per heavy atom. The Labute approximate surface area is 249 Å². The number of aromatic nitrogens is 4. The predicted octanol–water partition coefficient (Wildman–Crippen LogP) is 5.01. The Kier molecular flexibility index (Phi) is 9.43. The molecule has 0 radical (unpaired) electrons. The number of rotatable bonds is 11. The van der Waals surface area contributed by atoms with Gasteiger partial charge >= 0.3 is 12.1 Å². The summed E-state index contributed by atoms with van der Waals surface area (Å²) in [7, 11) is 1.51. The molecule has 4 aromatic rings. The van der Waals surface area contributed by atoms with Crippen LogP contribution in [0.3, 0.4) is 0 Å². The van der Waals surface area contributed by atoms with Gasteiger partial charge in [-0.15, -0.1) is 13.2 Å². The average Bonchev–Trinajstić information content (AvgIpc) is 3.34. The molecule has 1 saturated heterocycles. The molecule has 1 atom stereocenters. The second-order valence-electron chi connectivity index (χ2n) is 10.1. The highest BCUT2D eigenvalue weighted by Gasteiger charge is 2.31. The maximum Gasteiger partial charge on any atom is 0.573 e. The summed E-state index contributed by atoms with van der Waals surface area (Å²) in [5.74, 6) is -0.396. The van der Waals surface area contributed by atoms with Crippen LogP contribution in [0.4, 0.5) is 13.2 Å². The van der Waals surface area contributed by atoms with Crippen LogP contribution in [0.2, 0.25) is 5.02 Å². The van der Waals surface area contributed by atoms with Crippen molar-refractivity contribution in [1.82, 2.24) is 18.7 Å². The summed E-state index contributed by atoms with van der Waals surface area (Å²) >= 11 is 6.05. The van der Waals surface area contributed by atoms with Crippen LogP contribution in [0.25, 0.3) is 11.2 Å². The van der Waals surface area contributed by atoms with Gasteiger partial charge in [0.15, 0.2) is 17.5 Å². The quantitative estimate of drug-likeness (QED) is 0.217. The fourth-order valence-corrected chi connectivity index (χ4v) is 4.96. The Balaban J connectivity index is 1.45. The molecule has 1 unspecified atom stereocenters. The van der Waals surface area contributed by atoms with Crippen LogP contribution in [-0.4, -0.2) is 44.6 Å². The van der Waals surface area contributed by atoms with Gasteiger partial charge in [-0.2, -0.15) is 4.98 Å². The molecule has 0 bridgehead atoms. The van der Waals surface area contributed by atoms with Crippen molar-refractivity contribution >= 4 is 22.8 Å². The molecule has 0 spiro atoms. The molecule has 1 fully saturated rings. The minimum atomic E-state index is -4.84. The number of fused-ring (bicyclic) bond motifs is 1. The largest absolute Gasteiger partial charge is 0.573 e. The van der Waals surface area contributed by atoms with Crippen LogP contribution >= 0.6 is 11.6 Å². The predicted molar refractivity (Wildman–Crippen MR) is 151 cm³/mol. The van der Waals surface area contributed by atoms with Crippen molar-refractivity contribution in [2.75, 3.05) is 13.2 Å². The molecule has 0 aliphatic carbocycles. The van der Waals surface area contributed by atoms with E-state index in [0.29, 0.717) is 30.2 Å². The Hall–Kier alpha value is -3.81. The van der Waals surface area contributed by atoms with Gasteiger partial charge in [0.05, 0.1) is 13.2 Å². The number of ether oxygens (including phenoxy) is 4. The van der Waals surface area contributed by atoms with E-state index in [2.05, 4.69) is 9.72 Å². The summed E-state index contributed by atoms with van der Waals surface area (Å²) < 4.78 is 63.3. The molecule has 43 heavy (non-hydrogen) atoms. The van der Waals surface area contributed by atoms with Gasteiger partial charge in [0.1, 0.15) is 12.4 Å². The number of benzene rings is 2. The SMILES string of the molecule is Cn1c(=O)n(CCCOC2CCCCO2)c(=O)c2c1nc(OCc1cccc(OC(F)(F)F)c1)n2Cc1ccc(Cl)cc1. The third kappa shape index (κ3) is 7.59. The lowest BCUT2D eigenvalue weighted by Crippen LogP contribution is -2.40. The third-order valence-electron chi connectivity index (χ3n) is 6.92. The summed E-state index contributed by atoms with van der Waals surface area (Å²) in [4.78, 5) is 31.4. The van der Waals surface area contributed by atoms with Gasteiger partial charge in [0.2, 0.25) is 0 Å². The first kappa shape index (κ1) is 30.6. The topological polar surface area (TPSA) is 98.7 Å². The van der Waals surface area contributed by atoms with Gasteiger partial charge in [-0.1, -0.05) is 35.9 Å². The number of hydrogen-bond acceptors (Lipinski definition) is 7. The summed E-state index contributed by atoms with van der Waals surface area (Å²) in [6, 6.07) is 12.3. The van der Waals surface area contributed by atoms with Gasteiger partial charge in [-0.05, 0) is 61.1 Å². The van der Waals surface area contributed by atoms with Crippen LogP contribution < -0.4 is 20.7 Å². The maximum atomic E-state index is 13.8. The van der Waals surface area contributed by atoms with E-state index in [0.717, 1.165) is 29.4 Å². The third-order valence-corrected chi connectivity index (χ3v) is 7.17. The summed E-state index contributed by atoms with van der Waals surface area (Å²) in [5, 5.41) is 0.530. The number of nitrogens with zero attached hydrogens (tertiary/aromatic N) is 4. The normalized spacial score (nSPS) is 15.6. The minimum absolute atomic E-state index is 0.00900. The van der Waals surface area contributed by atoms with Crippen molar-refractivity contribution < 1.29 is 32.1 Å². The number of aryl methyl sites for hydroxylation is 1. The van der Waals surface area contributed by atoms with Gasteiger partial charge in [0, 0.05) is 25.2 Å². The number of imidazole rings is 1. The van der Waals surface area contributed by atoms with Gasteiger partial charge in [0.25, 0.3) is 11.6 Å². The molecule has 0 amide bonds. The van der Waals surface area contributed by atoms with E-state index in [9.17, 15) is 22.8 Å². The molecule has 1 aliphatic rings. The zero-order chi connectivity index (χ0) is 30.6. The standard InChI is InChI=1S/C29H30ClF3N4O6/c1-35-25-24(26(38)36(28(35)39)13-5-15-41-23-8-2-3-14-40-23)37(17-19-9-11-21(30)12-10-19)27(34-25)42-18-20-6-4-7-22(16-20)43-29(31,32)33/h4,6-7,9-12,16,23H,2-3,5,8,13-15,17-18H2,1H3. The van der Waals surface area contributed by atoms with Crippen molar-refractivity contribution in [2.24, 2.45) is 7.05 Å².